The van der Waals surface area contributed by atoms with Crippen molar-refractivity contribution in [1.82, 2.24) is 0 Å². The number of rotatable bonds is 0. The van der Waals surface area contributed by atoms with Crippen LogP contribution < -0.4 is 71.9 Å². The molecule has 2 nitrogen and oxygen atoms in total. The average Bonchev–Trinajstić information content (AvgIpc) is 0.918. The van der Waals surface area contributed by atoms with Crippen molar-refractivity contribution in [1.29, 1.82) is 0 Å². The van der Waals surface area contributed by atoms with E-state index in [1.807, 2.05) is 0 Å². The Hall–Kier alpha value is 3.44. The third kappa shape index (κ3) is 56.8. The molecule has 0 fully saturated rings. The third-order valence-electron chi connectivity index (χ3n) is 0. The molecule has 0 amide bonds. The maximum atomic E-state index is 8.54. The molecule has 0 N–H and O–H groups in total. The molecule has 0 aromatic carbocycles. The summed E-state index contributed by atoms with van der Waals surface area (Å²) in [7, 11) is 0. The molecule has 0 heterocycles. The van der Waals surface area contributed by atoms with Crippen LogP contribution in [0.1, 0.15) is 0 Å². The van der Waals surface area contributed by atoms with Crippen molar-refractivity contribution in [2.24, 2.45) is 0 Å². The summed E-state index contributed by atoms with van der Waals surface area (Å²) in [5, 5.41) is 0. The first-order valence-electron chi connectivity index (χ1n) is 0.333. The van der Waals surface area contributed by atoms with Crippen LogP contribution >= 0.6 is 34.0 Å². The summed E-state index contributed by atoms with van der Waals surface area (Å²) in [4.78, 5) is 0. The molecule has 0 saturated heterocycles. The van der Waals surface area contributed by atoms with E-state index in [1.54, 1.807) is 0 Å². The molecular weight excluding hydrogens is 756 g/mol. The Balaban J connectivity index is -0.00000000200. The Morgan fingerprint density at radius 3 is 0.750 bits per heavy atom. The van der Waals surface area contributed by atoms with Crippen molar-refractivity contribution >= 4 is 34.0 Å². The Labute approximate surface area is 128 Å². The summed E-state index contributed by atoms with van der Waals surface area (Å²) in [5.41, 5.74) is 0. The molecular formula is H2Br2I3O2W-3. The van der Waals surface area contributed by atoms with Crippen molar-refractivity contribution in [3.8, 4) is 0 Å². The molecule has 8 heteroatoms. The van der Waals surface area contributed by atoms with Crippen molar-refractivity contribution in [2.75, 3.05) is 0 Å². The van der Waals surface area contributed by atoms with Crippen LogP contribution in [0.4, 0.5) is 0 Å². The molecule has 8 heavy (non-hydrogen) atoms. The summed E-state index contributed by atoms with van der Waals surface area (Å²) >= 11 is -2.25. The second-order valence-electron chi connectivity index (χ2n) is 0.0680. The topological polar surface area (TPSA) is 34.1 Å². The number of halogens is 5. The molecule has 0 aliphatic carbocycles. The van der Waals surface area contributed by atoms with Crippen LogP contribution in [-0.4, -0.2) is 0 Å². The summed E-state index contributed by atoms with van der Waals surface area (Å²) < 4.78 is 17.1. The SMILES string of the molecule is Br.Br.[I-].[I-].[I-].[O]=[W]=[O]. The van der Waals surface area contributed by atoms with Crippen LogP contribution in [0.2, 0.25) is 0 Å². The van der Waals surface area contributed by atoms with Gasteiger partial charge in [-0.25, -0.2) is 0 Å². The van der Waals surface area contributed by atoms with E-state index in [0.29, 0.717) is 0 Å². The summed E-state index contributed by atoms with van der Waals surface area (Å²) in [6, 6.07) is 0. The Bertz CT molecular complexity index is 36.3. The normalized spacial score (nSPS) is 1.50. The molecule has 0 unspecified atom stereocenters. The van der Waals surface area contributed by atoms with Gasteiger partial charge in [0.2, 0.25) is 0 Å². The molecule has 0 atom stereocenters. The van der Waals surface area contributed by atoms with E-state index in [1.165, 1.54) is 0 Å². The van der Waals surface area contributed by atoms with Gasteiger partial charge in [0.15, 0.2) is 0 Å². The van der Waals surface area contributed by atoms with Crippen molar-refractivity contribution in [2.45, 2.75) is 0 Å². The second kappa shape index (κ2) is 47.2. The van der Waals surface area contributed by atoms with Crippen LogP contribution in [-0.2, 0) is 25.3 Å². The Morgan fingerprint density at radius 1 is 0.750 bits per heavy atom. The molecule has 0 radical (unpaired) electrons. The second-order valence-corrected chi connectivity index (χ2v) is 0.557. The van der Waals surface area contributed by atoms with E-state index in [-0.39, 0.29) is 106 Å². The first kappa shape index (κ1) is 42.1. The van der Waals surface area contributed by atoms with Gasteiger partial charge >= 0.3 is 25.3 Å². The van der Waals surface area contributed by atoms with Crippen LogP contribution in [0.25, 0.3) is 0 Å². The van der Waals surface area contributed by atoms with Crippen molar-refractivity contribution < 1.29 is 97.2 Å². The maximum absolute atomic E-state index is 8.54. The minimum absolute atomic E-state index is 0. The zero-order valence-electron chi connectivity index (χ0n) is 3.18. The fourth-order valence-corrected chi connectivity index (χ4v) is 0. The molecule has 0 rings (SSSR count). The van der Waals surface area contributed by atoms with Crippen molar-refractivity contribution in [3.63, 3.8) is 0 Å². The predicted octanol–water partition coefficient (Wildman–Crippen LogP) is -8.07. The first-order valence-corrected chi connectivity index (χ1v) is 2.73. The summed E-state index contributed by atoms with van der Waals surface area (Å²) in [6.45, 7) is 0. The van der Waals surface area contributed by atoms with E-state index in [2.05, 4.69) is 0 Å². The third-order valence-corrected chi connectivity index (χ3v) is 0. The van der Waals surface area contributed by atoms with Crippen LogP contribution in [0.5, 0.6) is 0 Å². The van der Waals surface area contributed by atoms with Gasteiger partial charge in [-0.3, -0.25) is 0 Å². The van der Waals surface area contributed by atoms with Gasteiger partial charge in [-0.15, -0.1) is 34.0 Å². The Morgan fingerprint density at radius 2 is 0.750 bits per heavy atom. The van der Waals surface area contributed by atoms with Gasteiger partial charge in [0.1, 0.15) is 0 Å². The van der Waals surface area contributed by atoms with Crippen LogP contribution in [0.3, 0.4) is 0 Å². The van der Waals surface area contributed by atoms with Gasteiger partial charge < -0.3 is 71.9 Å². The fraction of sp³-hybridized carbons (Fsp3) is 0. The average molecular weight is 758 g/mol. The van der Waals surface area contributed by atoms with Gasteiger partial charge in [-0.1, -0.05) is 0 Å². The van der Waals surface area contributed by atoms with E-state index in [4.69, 9.17) is 6.80 Å². The predicted molar refractivity (Wildman–Crippen MR) is 22.0 cm³/mol. The fourth-order valence-electron chi connectivity index (χ4n) is 0. The van der Waals surface area contributed by atoms with Gasteiger partial charge in [-0.05, 0) is 0 Å². The molecule has 0 spiro atoms. The molecule has 0 saturated carbocycles. The van der Waals surface area contributed by atoms with E-state index >= 15 is 0 Å². The number of hydrogen-bond donors (Lipinski definition) is 0. The molecule has 0 aromatic rings. The monoisotopic (exact) mass is 757 g/mol. The Kier molecular flexibility index (Phi) is 249. The van der Waals surface area contributed by atoms with Gasteiger partial charge in [-0.2, -0.15) is 0 Å². The van der Waals surface area contributed by atoms with Gasteiger partial charge in [0.25, 0.3) is 0 Å². The molecule has 0 aliphatic heterocycles. The molecule has 0 bridgehead atoms. The standard InChI is InChI=1S/2BrH.3HI.2O.W/h5*1H;;;/p-3. The minimum atomic E-state index is -2.25. The quantitative estimate of drug-likeness (QED) is 0.231. The summed E-state index contributed by atoms with van der Waals surface area (Å²) in [5.74, 6) is 0. The zero-order chi connectivity index (χ0) is 2.71. The van der Waals surface area contributed by atoms with Crippen LogP contribution in [0.15, 0.2) is 0 Å². The zero-order valence-corrected chi connectivity index (χ0v) is 16.0. The number of hydrogen-bond acceptors (Lipinski definition) is 2. The van der Waals surface area contributed by atoms with E-state index in [9.17, 15) is 0 Å². The van der Waals surface area contributed by atoms with E-state index in [0.717, 1.165) is 0 Å². The summed E-state index contributed by atoms with van der Waals surface area (Å²) in [6.07, 6.45) is 0. The molecule has 0 aromatic heterocycles. The first-order chi connectivity index (χ1) is 1.41. The molecule has 58 valence electrons. The van der Waals surface area contributed by atoms with Gasteiger partial charge in [0, 0.05) is 0 Å². The van der Waals surface area contributed by atoms with Gasteiger partial charge in [0.05, 0.1) is 0 Å². The van der Waals surface area contributed by atoms with E-state index < -0.39 is 18.5 Å². The van der Waals surface area contributed by atoms with Crippen molar-refractivity contribution in [3.05, 3.63) is 0 Å². The molecule has 0 aliphatic rings. The van der Waals surface area contributed by atoms with Crippen LogP contribution in [0, 0.1) is 0 Å².